The van der Waals surface area contributed by atoms with Crippen molar-refractivity contribution < 1.29 is 14.3 Å². The summed E-state index contributed by atoms with van der Waals surface area (Å²) in [5.74, 6) is 2.23. The van der Waals surface area contributed by atoms with E-state index in [0.29, 0.717) is 31.1 Å². The molecule has 0 unspecified atom stereocenters. The second-order valence-corrected chi connectivity index (χ2v) is 10.3. The average Bonchev–Trinajstić information content (AvgIpc) is 3.41. The van der Waals surface area contributed by atoms with Crippen LogP contribution in [0.2, 0.25) is 0 Å². The van der Waals surface area contributed by atoms with Crippen LogP contribution in [-0.4, -0.2) is 45.8 Å². The molecule has 0 aliphatic heterocycles. The summed E-state index contributed by atoms with van der Waals surface area (Å²) in [6.45, 7) is 0.587. The average molecular weight is 448 g/mol. The summed E-state index contributed by atoms with van der Waals surface area (Å²) in [6, 6.07) is 0. The van der Waals surface area contributed by atoms with Gasteiger partial charge in [0.05, 0.1) is 5.75 Å². The maximum Gasteiger partial charge on any atom is 0.191 e. The van der Waals surface area contributed by atoms with Gasteiger partial charge in [-0.2, -0.15) is 0 Å². The summed E-state index contributed by atoms with van der Waals surface area (Å²) >= 11 is 3.13. The lowest BCUT2D eigenvalue weighted by Gasteiger charge is -2.12. The maximum absolute atomic E-state index is 13.0. The number of thioether (sulfide) groups is 1. The zero-order valence-corrected chi connectivity index (χ0v) is 19.4. The summed E-state index contributed by atoms with van der Waals surface area (Å²) in [6.07, 6.45) is 8.19. The lowest BCUT2D eigenvalue weighted by Crippen LogP contribution is -2.12. The minimum atomic E-state index is 0.139. The van der Waals surface area contributed by atoms with Gasteiger partial charge >= 0.3 is 0 Å². The second kappa shape index (κ2) is 9.75. The molecule has 2 aromatic heterocycles. The number of nitrogens with zero attached hydrogens (tertiary/aromatic N) is 3. The number of Topliss-reactive ketones (excluding diaryl/α,β-unsaturated/α-hetero) is 2. The van der Waals surface area contributed by atoms with Gasteiger partial charge in [-0.15, -0.1) is 21.5 Å². The molecule has 8 heteroatoms. The third kappa shape index (κ3) is 4.86. The van der Waals surface area contributed by atoms with Crippen molar-refractivity contribution >= 4 is 34.7 Å². The van der Waals surface area contributed by atoms with Crippen molar-refractivity contribution in [1.82, 2.24) is 14.8 Å². The van der Waals surface area contributed by atoms with Crippen LogP contribution in [0.25, 0.3) is 0 Å². The highest BCUT2D eigenvalue weighted by Crippen LogP contribution is 2.40. The molecule has 0 saturated heterocycles. The Balaban J connectivity index is 1.43. The van der Waals surface area contributed by atoms with Gasteiger partial charge in [0.25, 0.3) is 0 Å². The zero-order valence-electron chi connectivity index (χ0n) is 17.7. The van der Waals surface area contributed by atoms with E-state index in [0.717, 1.165) is 47.1 Å². The Morgan fingerprint density at radius 1 is 1.23 bits per heavy atom. The molecule has 6 nitrogen and oxygen atoms in total. The van der Waals surface area contributed by atoms with Crippen LogP contribution in [0.3, 0.4) is 0 Å². The van der Waals surface area contributed by atoms with Gasteiger partial charge in [-0.3, -0.25) is 9.59 Å². The highest BCUT2D eigenvalue weighted by atomic mass is 32.2. The number of hydrogen-bond acceptors (Lipinski definition) is 7. The molecule has 2 heterocycles. The van der Waals surface area contributed by atoms with Gasteiger partial charge in [0, 0.05) is 54.8 Å². The molecular weight excluding hydrogens is 418 g/mol. The Hall–Kier alpha value is -1.51. The summed E-state index contributed by atoms with van der Waals surface area (Å²) in [5, 5.41) is 9.34. The van der Waals surface area contributed by atoms with E-state index in [1.165, 1.54) is 41.5 Å². The van der Waals surface area contributed by atoms with Gasteiger partial charge in [-0.25, -0.2) is 0 Å². The molecule has 0 aromatic carbocycles. The fraction of sp³-hybridized carbons (Fsp3) is 0.636. The van der Waals surface area contributed by atoms with Crippen LogP contribution in [0, 0.1) is 0 Å². The molecule has 2 aromatic rings. The Labute approximate surface area is 185 Å². The summed E-state index contributed by atoms with van der Waals surface area (Å²) in [5.41, 5.74) is 2.06. The van der Waals surface area contributed by atoms with Crippen LogP contribution >= 0.6 is 23.1 Å². The quantitative estimate of drug-likeness (QED) is 0.293. The van der Waals surface area contributed by atoms with Crippen molar-refractivity contribution in [3.05, 3.63) is 26.7 Å². The molecule has 2 aliphatic carbocycles. The smallest absolute Gasteiger partial charge is 0.191 e. The third-order valence-electron chi connectivity index (χ3n) is 5.81. The predicted molar refractivity (Wildman–Crippen MR) is 119 cm³/mol. The number of carbonyl (C=O) groups excluding carboxylic acids is 2. The van der Waals surface area contributed by atoms with E-state index >= 15 is 0 Å². The van der Waals surface area contributed by atoms with Crippen LogP contribution in [0.5, 0.6) is 0 Å². The second-order valence-electron chi connectivity index (χ2n) is 8.21. The molecule has 4 rings (SSSR count). The number of methoxy groups -OCH3 is 1. The molecule has 0 spiro atoms. The Morgan fingerprint density at radius 2 is 2.03 bits per heavy atom. The third-order valence-corrected chi connectivity index (χ3v) is 8.18. The van der Waals surface area contributed by atoms with Gasteiger partial charge < -0.3 is 9.30 Å². The molecule has 0 bridgehead atoms. The molecule has 0 radical (unpaired) electrons. The number of ether oxygens (including phenoxy) is 1. The van der Waals surface area contributed by atoms with Gasteiger partial charge in [0.2, 0.25) is 0 Å². The topological polar surface area (TPSA) is 74.1 Å². The number of thiophene rings is 1. The molecular formula is C22H29N3O3S2. The Kier molecular flexibility index (Phi) is 7.05. The number of aryl methyl sites for hydroxylation is 1. The van der Waals surface area contributed by atoms with E-state index < -0.39 is 0 Å². The van der Waals surface area contributed by atoms with E-state index in [1.807, 2.05) is 11.6 Å². The van der Waals surface area contributed by atoms with Crippen LogP contribution in [0.15, 0.2) is 5.16 Å². The van der Waals surface area contributed by atoms with Crippen molar-refractivity contribution in [2.24, 2.45) is 7.05 Å². The van der Waals surface area contributed by atoms with Crippen molar-refractivity contribution in [1.29, 1.82) is 0 Å². The fourth-order valence-electron chi connectivity index (χ4n) is 4.10. The summed E-state index contributed by atoms with van der Waals surface area (Å²) < 4.78 is 7.12. The van der Waals surface area contributed by atoms with E-state index in [-0.39, 0.29) is 11.6 Å². The molecule has 1 fully saturated rings. The predicted octanol–water partition coefficient (Wildman–Crippen LogP) is 4.15. The first-order valence-electron chi connectivity index (χ1n) is 10.8. The van der Waals surface area contributed by atoms with Crippen LogP contribution in [0.4, 0.5) is 0 Å². The van der Waals surface area contributed by atoms with Crippen molar-refractivity contribution in [3.63, 3.8) is 0 Å². The lowest BCUT2D eigenvalue weighted by molar-refractivity contribution is -0.115. The highest BCUT2D eigenvalue weighted by molar-refractivity contribution is 7.99. The van der Waals surface area contributed by atoms with E-state index in [2.05, 4.69) is 10.2 Å². The number of ketones is 2. The molecule has 162 valence electrons. The SMILES string of the molecule is COCCCC(=O)c1c(CC(=O)CSc2nnc(C3CC3)n2C)sc2c1CCCC2. The van der Waals surface area contributed by atoms with Gasteiger partial charge in [0.15, 0.2) is 10.9 Å². The minimum Gasteiger partial charge on any atom is -0.385 e. The highest BCUT2D eigenvalue weighted by Gasteiger charge is 2.30. The molecule has 0 atom stereocenters. The van der Waals surface area contributed by atoms with Crippen molar-refractivity contribution in [3.8, 4) is 0 Å². The molecule has 2 aliphatic rings. The number of aromatic nitrogens is 3. The Morgan fingerprint density at radius 3 is 2.80 bits per heavy atom. The first-order chi connectivity index (χ1) is 14.6. The zero-order chi connectivity index (χ0) is 21.1. The van der Waals surface area contributed by atoms with Crippen LogP contribution in [-0.2, 0) is 35.8 Å². The van der Waals surface area contributed by atoms with Crippen molar-refractivity contribution in [2.45, 2.75) is 68.9 Å². The lowest BCUT2D eigenvalue weighted by atomic mass is 9.91. The molecule has 0 amide bonds. The number of hydrogen-bond donors (Lipinski definition) is 0. The number of rotatable bonds is 11. The maximum atomic E-state index is 13.0. The normalized spacial score (nSPS) is 15.9. The van der Waals surface area contributed by atoms with Crippen LogP contribution < -0.4 is 0 Å². The van der Waals surface area contributed by atoms with Crippen molar-refractivity contribution in [2.75, 3.05) is 19.5 Å². The fourth-order valence-corrected chi connectivity index (χ4v) is 6.32. The van der Waals surface area contributed by atoms with E-state index in [1.54, 1.807) is 18.4 Å². The van der Waals surface area contributed by atoms with E-state index in [4.69, 9.17) is 4.74 Å². The standard InChI is InChI=1S/C22H29N3O3S2/c1-25-21(14-9-10-14)23-24-22(25)29-13-15(26)12-19-20(17(27)7-5-11-28-2)16-6-3-4-8-18(16)30-19/h14H,3-13H2,1-2H3. The first kappa shape index (κ1) is 21.7. The number of fused-ring (bicyclic) bond motifs is 1. The monoisotopic (exact) mass is 447 g/mol. The summed E-state index contributed by atoms with van der Waals surface area (Å²) in [7, 11) is 3.63. The minimum absolute atomic E-state index is 0.139. The Bertz CT molecular complexity index is 930. The largest absolute Gasteiger partial charge is 0.385 e. The van der Waals surface area contributed by atoms with Gasteiger partial charge in [-0.05, 0) is 50.5 Å². The molecule has 30 heavy (non-hydrogen) atoms. The van der Waals surface area contributed by atoms with Crippen LogP contribution in [0.1, 0.15) is 75.9 Å². The first-order valence-corrected chi connectivity index (χ1v) is 12.6. The van der Waals surface area contributed by atoms with E-state index in [9.17, 15) is 9.59 Å². The molecule has 1 saturated carbocycles. The van der Waals surface area contributed by atoms with Gasteiger partial charge in [0.1, 0.15) is 11.6 Å². The number of carbonyl (C=O) groups is 2. The molecule has 0 N–H and O–H groups in total. The van der Waals surface area contributed by atoms with Gasteiger partial charge in [-0.1, -0.05) is 11.8 Å². The summed E-state index contributed by atoms with van der Waals surface area (Å²) in [4.78, 5) is 28.0.